The summed E-state index contributed by atoms with van der Waals surface area (Å²) in [7, 11) is 0. The van der Waals surface area contributed by atoms with Crippen molar-refractivity contribution in [2.75, 3.05) is 37.3 Å². The molecule has 5 heterocycles. The van der Waals surface area contributed by atoms with Crippen molar-refractivity contribution < 1.29 is 0 Å². The minimum Gasteiger partial charge on any atom is -0.354 e. The standard InChI is InChI=1S/C25H25N7S/c1-18-11-22(25-21(12-26)15-29-32(25)16-18)20-4-5-23(27-14-20)31-9-7-30(8-10-31)17-19-3-6-24(33-2)28-13-19/h3-6,11,13-16H,7-10,17H2,1-2H3. The summed E-state index contributed by atoms with van der Waals surface area (Å²) >= 11 is 1.67. The van der Waals surface area contributed by atoms with E-state index in [0.29, 0.717) is 5.56 Å². The highest BCUT2D eigenvalue weighted by Gasteiger charge is 2.19. The largest absolute Gasteiger partial charge is 0.354 e. The van der Waals surface area contributed by atoms with Gasteiger partial charge in [-0.1, -0.05) is 6.07 Å². The molecule has 33 heavy (non-hydrogen) atoms. The lowest BCUT2D eigenvalue weighted by molar-refractivity contribution is 0.249. The number of aromatic nitrogens is 4. The molecule has 0 saturated carbocycles. The Labute approximate surface area is 197 Å². The van der Waals surface area contributed by atoms with Crippen molar-refractivity contribution in [3.63, 3.8) is 0 Å². The second-order valence-corrected chi connectivity index (χ2v) is 9.10. The van der Waals surface area contributed by atoms with Gasteiger partial charge in [0.2, 0.25) is 0 Å². The summed E-state index contributed by atoms with van der Waals surface area (Å²) in [5.41, 5.74) is 5.71. The minimum atomic E-state index is 0.573. The van der Waals surface area contributed by atoms with E-state index in [-0.39, 0.29) is 0 Å². The van der Waals surface area contributed by atoms with Gasteiger partial charge in [-0.2, -0.15) is 10.4 Å². The fourth-order valence-corrected chi connectivity index (χ4v) is 4.67. The summed E-state index contributed by atoms with van der Waals surface area (Å²) in [4.78, 5) is 14.0. The van der Waals surface area contributed by atoms with E-state index in [2.05, 4.69) is 56.3 Å². The van der Waals surface area contributed by atoms with Crippen molar-refractivity contribution >= 4 is 23.1 Å². The first-order chi connectivity index (χ1) is 16.1. The van der Waals surface area contributed by atoms with Crippen LogP contribution in [-0.4, -0.2) is 56.9 Å². The lowest BCUT2D eigenvalue weighted by Crippen LogP contribution is -2.46. The predicted octanol–water partition coefficient (Wildman–Crippen LogP) is 4.02. The number of anilines is 1. The van der Waals surface area contributed by atoms with Crippen LogP contribution in [0.3, 0.4) is 0 Å². The van der Waals surface area contributed by atoms with Gasteiger partial charge >= 0.3 is 0 Å². The molecule has 0 bridgehead atoms. The van der Waals surface area contributed by atoms with Crippen molar-refractivity contribution in [2.45, 2.75) is 18.5 Å². The van der Waals surface area contributed by atoms with Gasteiger partial charge in [-0.05, 0) is 48.6 Å². The lowest BCUT2D eigenvalue weighted by atomic mass is 10.0. The number of pyridine rings is 3. The average molecular weight is 456 g/mol. The van der Waals surface area contributed by atoms with Crippen LogP contribution in [0.5, 0.6) is 0 Å². The number of piperazine rings is 1. The van der Waals surface area contributed by atoms with Crippen molar-refractivity contribution in [3.8, 4) is 17.2 Å². The van der Waals surface area contributed by atoms with Gasteiger partial charge < -0.3 is 4.90 Å². The van der Waals surface area contributed by atoms with Crippen molar-refractivity contribution in [1.29, 1.82) is 5.26 Å². The van der Waals surface area contributed by atoms with E-state index < -0.39 is 0 Å². The molecule has 0 N–H and O–H groups in total. The fraction of sp³-hybridized carbons (Fsp3) is 0.280. The number of thioether (sulfide) groups is 1. The lowest BCUT2D eigenvalue weighted by Gasteiger charge is -2.35. The summed E-state index contributed by atoms with van der Waals surface area (Å²) in [6.45, 7) is 6.83. The Morgan fingerprint density at radius 2 is 1.88 bits per heavy atom. The van der Waals surface area contributed by atoms with Gasteiger partial charge in [0.05, 0.1) is 22.3 Å². The Morgan fingerprint density at radius 3 is 2.55 bits per heavy atom. The molecule has 0 amide bonds. The van der Waals surface area contributed by atoms with E-state index in [9.17, 15) is 5.26 Å². The zero-order valence-corrected chi connectivity index (χ0v) is 19.6. The van der Waals surface area contributed by atoms with E-state index >= 15 is 0 Å². The van der Waals surface area contributed by atoms with Gasteiger partial charge in [0.1, 0.15) is 11.9 Å². The number of hydrogen-bond acceptors (Lipinski definition) is 7. The van der Waals surface area contributed by atoms with Crippen LogP contribution in [0, 0.1) is 18.3 Å². The van der Waals surface area contributed by atoms with Crippen LogP contribution in [0.15, 0.2) is 60.1 Å². The molecule has 1 aliphatic rings. The fourth-order valence-electron chi connectivity index (χ4n) is 4.31. The molecule has 4 aromatic rings. The number of nitriles is 1. The first-order valence-corrected chi connectivity index (χ1v) is 12.2. The topological polar surface area (TPSA) is 73.3 Å². The Kier molecular flexibility index (Phi) is 5.99. The molecule has 0 atom stereocenters. The molecule has 7 nitrogen and oxygen atoms in total. The molecule has 0 aliphatic carbocycles. The van der Waals surface area contributed by atoms with E-state index in [1.165, 1.54) is 5.56 Å². The number of hydrogen-bond donors (Lipinski definition) is 0. The molecular formula is C25H25N7S. The van der Waals surface area contributed by atoms with Crippen molar-refractivity contribution in [2.24, 2.45) is 0 Å². The molecule has 8 heteroatoms. The van der Waals surface area contributed by atoms with Gasteiger partial charge in [0.15, 0.2) is 0 Å². The van der Waals surface area contributed by atoms with Crippen LogP contribution in [0.1, 0.15) is 16.7 Å². The third-order valence-electron chi connectivity index (χ3n) is 6.04. The molecule has 5 rings (SSSR count). The normalized spacial score (nSPS) is 14.5. The quantitative estimate of drug-likeness (QED) is 0.421. The summed E-state index contributed by atoms with van der Waals surface area (Å²) in [6.07, 6.45) is 9.49. The van der Waals surface area contributed by atoms with E-state index in [0.717, 1.165) is 65.8 Å². The van der Waals surface area contributed by atoms with Crippen molar-refractivity contribution in [1.82, 2.24) is 24.5 Å². The maximum Gasteiger partial charge on any atom is 0.128 e. The highest BCUT2D eigenvalue weighted by atomic mass is 32.2. The van der Waals surface area contributed by atoms with Crippen LogP contribution in [0.4, 0.5) is 5.82 Å². The molecule has 166 valence electrons. The number of rotatable bonds is 5. The average Bonchev–Trinajstić information content (AvgIpc) is 3.27. The van der Waals surface area contributed by atoms with E-state index in [4.69, 9.17) is 4.98 Å². The smallest absolute Gasteiger partial charge is 0.128 e. The zero-order chi connectivity index (χ0) is 22.8. The third-order valence-corrected chi connectivity index (χ3v) is 6.70. The molecule has 0 radical (unpaired) electrons. The number of aryl methyl sites for hydroxylation is 1. The first kappa shape index (κ1) is 21.4. The first-order valence-electron chi connectivity index (χ1n) is 11.0. The maximum atomic E-state index is 9.48. The Hall–Kier alpha value is -3.41. The van der Waals surface area contributed by atoms with Crippen LogP contribution in [0.25, 0.3) is 16.6 Å². The van der Waals surface area contributed by atoms with E-state index in [1.54, 1.807) is 22.5 Å². The summed E-state index contributed by atoms with van der Waals surface area (Å²) in [5, 5.41) is 14.9. The Morgan fingerprint density at radius 1 is 1.03 bits per heavy atom. The number of fused-ring (bicyclic) bond motifs is 1. The number of nitrogens with zero attached hydrogens (tertiary/aromatic N) is 7. The van der Waals surface area contributed by atoms with Crippen molar-refractivity contribution in [3.05, 3.63) is 71.8 Å². The summed E-state index contributed by atoms with van der Waals surface area (Å²) in [6, 6.07) is 12.8. The summed E-state index contributed by atoms with van der Waals surface area (Å²) in [5.74, 6) is 0.988. The molecule has 0 aromatic carbocycles. The Balaban J connectivity index is 1.28. The van der Waals surface area contributed by atoms with Gasteiger partial charge in [-0.15, -0.1) is 11.8 Å². The third kappa shape index (κ3) is 4.42. The van der Waals surface area contributed by atoms with E-state index in [1.807, 2.05) is 31.8 Å². The Bertz CT molecular complexity index is 1300. The highest BCUT2D eigenvalue weighted by molar-refractivity contribution is 7.98. The predicted molar refractivity (Wildman–Crippen MR) is 131 cm³/mol. The molecule has 4 aromatic heterocycles. The molecule has 1 saturated heterocycles. The van der Waals surface area contributed by atoms with Crippen LogP contribution in [-0.2, 0) is 6.54 Å². The summed E-state index contributed by atoms with van der Waals surface area (Å²) < 4.78 is 1.78. The van der Waals surface area contributed by atoms with Crippen LogP contribution < -0.4 is 4.90 Å². The SMILES string of the molecule is CSc1ccc(CN2CCN(c3ccc(-c4cc(C)cn5ncc(C#N)c45)cn3)CC2)cn1. The van der Waals surface area contributed by atoms with Gasteiger partial charge in [0, 0.05) is 62.4 Å². The minimum absolute atomic E-state index is 0.573. The second kappa shape index (κ2) is 9.22. The molecular weight excluding hydrogens is 430 g/mol. The maximum absolute atomic E-state index is 9.48. The monoisotopic (exact) mass is 455 g/mol. The van der Waals surface area contributed by atoms with Gasteiger partial charge in [-0.25, -0.2) is 14.5 Å². The molecule has 1 fully saturated rings. The second-order valence-electron chi connectivity index (χ2n) is 8.27. The zero-order valence-electron chi connectivity index (χ0n) is 18.8. The van der Waals surface area contributed by atoms with Crippen LogP contribution >= 0.6 is 11.8 Å². The van der Waals surface area contributed by atoms with Gasteiger partial charge in [0.25, 0.3) is 0 Å². The molecule has 0 spiro atoms. The van der Waals surface area contributed by atoms with Gasteiger partial charge in [-0.3, -0.25) is 4.90 Å². The highest BCUT2D eigenvalue weighted by Crippen LogP contribution is 2.29. The molecule has 1 aliphatic heterocycles. The van der Waals surface area contributed by atoms with Crippen LogP contribution in [0.2, 0.25) is 0 Å². The molecule has 0 unspecified atom stereocenters.